The highest BCUT2D eigenvalue weighted by atomic mass is 32.2. The molecule has 9 heteroatoms. The summed E-state index contributed by atoms with van der Waals surface area (Å²) in [6.07, 6.45) is 0. The average Bonchev–Trinajstić information content (AvgIpc) is 3.19. The number of ether oxygens (including phenoxy) is 1. The van der Waals surface area contributed by atoms with Crippen LogP contribution >= 0.6 is 0 Å². The minimum Gasteiger partial charge on any atom is -0.497 e. The molecule has 35 heavy (non-hydrogen) atoms. The predicted molar refractivity (Wildman–Crippen MR) is 139 cm³/mol. The highest BCUT2D eigenvalue weighted by Crippen LogP contribution is 2.29. The standard InChI is InChI=1S/C26H34N4O4S/c1-17-9-14-20(35(32,33)29-18-10-12-19(34-8)13-11-18)15-21(17)24(31)27-23-16-22(25(2,3)4)28-30(23)26(5,6)7/h9-16,29H,1-8H3,(H,27,31). The van der Waals surface area contributed by atoms with Crippen molar-refractivity contribution in [1.29, 1.82) is 0 Å². The number of hydrogen-bond acceptors (Lipinski definition) is 5. The van der Waals surface area contributed by atoms with Crippen LogP contribution in [0.4, 0.5) is 11.5 Å². The molecule has 0 spiro atoms. The maximum atomic E-state index is 13.3. The fraction of sp³-hybridized carbons (Fsp3) is 0.385. The lowest BCUT2D eigenvalue weighted by Crippen LogP contribution is -2.27. The van der Waals surface area contributed by atoms with E-state index in [0.717, 1.165) is 5.69 Å². The fourth-order valence-corrected chi connectivity index (χ4v) is 4.50. The number of sulfonamides is 1. The number of anilines is 2. The lowest BCUT2D eigenvalue weighted by atomic mass is 9.92. The van der Waals surface area contributed by atoms with E-state index in [-0.39, 0.29) is 21.4 Å². The van der Waals surface area contributed by atoms with Gasteiger partial charge in [0.25, 0.3) is 15.9 Å². The van der Waals surface area contributed by atoms with Gasteiger partial charge in [-0.2, -0.15) is 5.10 Å². The van der Waals surface area contributed by atoms with Crippen molar-refractivity contribution in [3.05, 3.63) is 65.4 Å². The van der Waals surface area contributed by atoms with Crippen molar-refractivity contribution in [1.82, 2.24) is 9.78 Å². The van der Waals surface area contributed by atoms with E-state index in [1.165, 1.54) is 19.2 Å². The number of carbonyl (C=O) groups is 1. The molecule has 1 heterocycles. The summed E-state index contributed by atoms with van der Waals surface area (Å²) in [6.45, 7) is 14.0. The second-order valence-corrected chi connectivity index (χ2v) is 12.2. The van der Waals surface area contributed by atoms with Gasteiger partial charge in [-0.25, -0.2) is 13.1 Å². The van der Waals surface area contributed by atoms with Crippen LogP contribution in [0.15, 0.2) is 53.4 Å². The van der Waals surface area contributed by atoms with Crippen LogP contribution in [-0.2, 0) is 21.0 Å². The van der Waals surface area contributed by atoms with E-state index >= 15 is 0 Å². The minimum absolute atomic E-state index is 0.0104. The predicted octanol–water partition coefficient (Wildman–Crippen LogP) is 5.31. The highest BCUT2D eigenvalue weighted by molar-refractivity contribution is 7.92. The second-order valence-electron chi connectivity index (χ2n) is 10.5. The molecular weight excluding hydrogens is 464 g/mol. The van der Waals surface area contributed by atoms with Crippen LogP contribution in [0.3, 0.4) is 0 Å². The first-order chi connectivity index (χ1) is 16.1. The molecule has 8 nitrogen and oxygen atoms in total. The van der Waals surface area contributed by atoms with Gasteiger partial charge in [-0.3, -0.25) is 9.52 Å². The number of aromatic nitrogens is 2. The molecule has 0 saturated carbocycles. The zero-order chi connectivity index (χ0) is 26.2. The normalized spacial score (nSPS) is 12.3. The molecule has 1 amide bonds. The van der Waals surface area contributed by atoms with Crippen LogP contribution in [0.5, 0.6) is 5.75 Å². The topological polar surface area (TPSA) is 102 Å². The van der Waals surface area contributed by atoms with Crippen LogP contribution in [0.1, 0.15) is 63.2 Å². The zero-order valence-electron chi connectivity index (χ0n) is 21.6. The Hall–Kier alpha value is -3.33. The van der Waals surface area contributed by atoms with Crippen molar-refractivity contribution in [3.8, 4) is 5.75 Å². The molecule has 0 atom stereocenters. The summed E-state index contributed by atoms with van der Waals surface area (Å²) >= 11 is 0. The molecule has 188 valence electrons. The Kier molecular flexibility index (Phi) is 7.04. The summed E-state index contributed by atoms with van der Waals surface area (Å²) in [6, 6.07) is 12.9. The number of hydrogen-bond donors (Lipinski definition) is 2. The smallest absolute Gasteiger partial charge is 0.261 e. The van der Waals surface area contributed by atoms with Gasteiger partial charge in [0, 0.05) is 22.7 Å². The first kappa shape index (κ1) is 26.3. The number of methoxy groups -OCH3 is 1. The summed E-state index contributed by atoms with van der Waals surface area (Å²) < 4.78 is 35.5. The number of benzene rings is 2. The van der Waals surface area contributed by atoms with Crippen LogP contribution < -0.4 is 14.8 Å². The average molecular weight is 499 g/mol. The van der Waals surface area contributed by atoms with Crippen LogP contribution in [-0.4, -0.2) is 31.2 Å². The van der Waals surface area contributed by atoms with E-state index in [1.54, 1.807) is 41.9 Å². The number of amides is 1. The third-order valence-corrected chi connectivity index (χ3v) is 6.84. The van der Waals surface area contributed by atoms with Crippen molar-refractivity contribution < 1.29 is 17.9 Å². The van der Waals surface area contributed by atoms with Gasteiger partial charge in [0.1, 0.15) is 11.6 Å². The SMILES string of the molecule is COc1ccc(NS(=O)(=O)c2ccc(C)c(C(=O)Nc3cc(C(C)(C)C)nn3C(C)(C)C)c2)cc1. The number of aryl methyl sites for hydroxylation is 1. The van der Waals surface area contributed by atoms with Gasteiger partial charge < -0.3 is 10.1 Å². The van der Waals surface area contributed by atoms with E-state index < -0.39 is 15.9 Å². The molecule has 3 aromatic rings. The first-order valence-corrected chi connectivity index (χ1v) is 12.8. The quantitative estimate of drug-likeness (QED) is 0.480. The monoisotopic (exact) mass is 498 g/mol. The van der Waals surface area contributed by atoms with Crippen molar-refractivity contribution >= 4 is 27.4 Å². The molecule has 2 aromatic carbocycles. The van der Waals surface area contributed by atoms with Crippen LogP contribution in [0, 0.1) is 6.92 Å². The molecule has 0 saturated heterocycles. The zero-order valence-corrected chi connectivity index (χ0v) is 22.4. The van der Waals surface area contributed by atoms with Gasteiger partial charge in [0.05, 0.1) is 23.2 Å². The van der Waals surface area contributed by atoms with Gasteiger partial charge in [0.15, 0.2) is 0 Å². The Labute approximate surface area is 207 Å². The lowest BCUT2D eigenvalue weighted by Gasteiger charge is -2.23. The molecule has 0 aliphatic carbocycles. The third kappa shape index (κ3) is 6.03. The summed E-state index contributed by atoms with van der Waals surface area (Å²) in [5, 5.41) is 7.67. The van der Waals surface area contributed by atoms with Gasteiger partial charge in [0.2, 0.25) is 0 Å². The first-order valence-electron chi connectivity index (χ1n) is 11.3. The molecule has 0 unspecified atom stereocenters. The Balaban J connectivity index is 1.92. The molecule has 0 fully saturated rings. The van der Waals surface area contributed by atoms with Crippen molar-refractivity contribution in [3.63, 3.8) is 0 Å². The molecule has 0 radical (unpaired) electrons. The summed E-state index contributed by atoms with van der Waals surface area (Å²) in [4.78, 5) is 13.3. The molecule has 0 aliphatic heterocycles. The van der Waals surface area contributed by atoms with Gasteiger partial charge in [-0.15, -0.1) is 0 Å². The maximum absolute atomic E-state index is 13.3. The summed E-state index contributed by atoms with van der Waals surface area (Å²) in [7, 11) is -2.38. The Morgan fingerprint density at radius 3 is 2.14 bits per heavy atom. The summed E-state index contributed by atoms with van der Waals surface area (Å²) in [5.74, 6) is 0.762. The third-order valence-electron chi connectivity index (χ3n) is 5.46. The molecule has 2 N–H and O–H groups in total. The van der Waals surface area contributed by atoms with Crippen molar-refractivity contribution in [2.24, 2.45) is 0 Å². The molecule has 1 aromatic heterocycles. The van der Waals surface area contributed by atoms with Crippen LogP contribution in [0.2, 0.25) is 0 Å². The fourth-order valence-electron chi connectivity index (χ4n) is 3.42. The maximum Gasteiger partial charge on any atom is 0.261 e. The summed E-state index contributed by atoms with van der Waals surface area (Å²) in [5.41, 5.74) is 1.59. The van der Waals surface area contributed by atoms with E-state index in [4.69, 9.17) is 9.84 Å². The number of carbonyl (C=O) groups excluding carboxylic acids is 1. The molecule has 3 rings (SSSR count). The van der Waals surface area contributed by atoms with E-state index in [2.05, 4.69) is 30.8 Å². The van der Waals surface area contributed by atoms with E-state index in [1.807, 2.05) is 26.8 Å². The number of nitrogens with zero attached hydrogens (tertiary/aromatic N) is 2. The van der Waals surface area contributed by atoms with E-state index in [9.17, 15) is 13.2 Å². The van der Waals surface area contributed by atoms with Crippen LogP contribution in [0.25, 0.3) is 0 Å². The van der Waals surface area contributed by atoms with Gasteiger partial charge in [-0.1, -0.05) is 26.8 Å². The Morgan fingerprint density at radius 2 is 1.60 bits per heavy atom. The van der Waals surface area contributed by atoms with Crippen molar-refractivity contribution in [2.75, 3.05) is 17.1 Å². The van der Waals surface area contributed by atoms with Gasteiger partial charge >= 0.3 is 0 Å². The van der Waals surface area contributed by atoms with Crippen molar-refractivity contribution in [2.45, 2.75) is 64.3 Å². The minimum atomic E-state index is -3.91. The molecule has 0 aliphatic rings. The molecule has 0 bridgehead atoms. The second kappa shape index (κ2) is 9.37. The Morgan fingerprint density at radius 1 is 0.971 bits per heavy atom. The lowest BCUT2D eigenvalue weighted by molar-refractivity contribution is 0.102. The number of nitrogens with one attached hydrogen (secondary N) is 2. The number of rotatable bonds is 6. The van der Waals surface area contributed by atoms with Gasteiger partial charge in [-0.05, 0) is 69.7 Å². The van der Waals surface area contributed by atoms with E-state index in [0.29, 0.717) is 22.8 Å². The molecular formula is C26H34N4O4S. The Bertz CT molecular complexity index is 1330. The largest absolute Gasteiger partial charge is 0.497 e. The highest BCUT2D eigenvalue weighted by Gasteiger charge is 2.26.